The molecule has 2 N–H and O–H groups in total. The molecule has 2 nitrogen and oxygen atoms in total. The lowest BCUT2D eigenvalue weighted by molar-refractivity contribution is 0.563. The first kappa shape index (κ1) is 11.6. The maximum Gasteiger partial charge on any atom is 0.213 e. The van der Waals surface area contributed by atoms with Crippen LogP contribution in [0.4, 0.5) is 0 Å². The van der Waals surface area contributed by atoms with Crippen LogP contribution in [0.25, 0.3) is 0 Å². The third-order valence-corrected chi connectivity index (χ3v) is 6.00. The Morgan fingerprint density at radius 2 is 1.07 bits per heavy atom. The van der Waals surface area contributed by atoms with Crippen molar-refractivity contribution in [3.63, 3.8) is 0 Å². The SMILES string of the molecule is C[Si](C)(O)c1ccccc1[Si](C)(C)O. The highest BCUT2D eigenvalue weighted by Gasteiger charge is 2.30. The van der Waals surface area contributed by atoms with Gasteiger partial charge in [0.25, 0.3) is 0 Å². The second kappa shape index (κ2) is 3.62. The summed E-state index contributed by atoms with van der Waals surface area (Å²) >= 11 is 0. The van der Waals surface area contributed by atoms with Gasteiger partial charge in [0.15, 0.2) is 0 Å². The molecule has 0 bridgehead atoms. The molecule has 0 spiro atoms. The normalized spacial score (nSPS) is 13.0. The molecule has 0 aromatic heterocycles. The molecule has 1 aromatic carbocycles. The summed E-state index contributed by atoms with van der Waals surface area (Å²) in [4.78, 5) is 20.2. The second-order valence-electron chi connectivity index (χ2n) is 4.66. The van der Waals surface area contributed by atoms with Crippen LogP contribution in [-0.4, -0.2) is 26.2 Å². The summed E-state index contributed by atoms with van der Waals surface area (Å²) in [6.07, 6.45) is 0. The highest BCUT2D eigenvalue weighted by Crippen LogP contribution is 2.02. The lowest BCUT2D eigenvalue weighted by Crippen LogP contribution is -2.58. The van der Waals surface area contributed by atoms with E-state index in [4.69, 9.17) is 0 Å². The van der Waals surface area contributed by atoms with Gasteiger partial charge in [0.2, 0.25) is 16.6 Å². The topological polar surface area (TPSA) is 40.5 Å². The van der Waals surface area contributed by atoms with Gasteiger partial charge in [0.05, 0.1) is 0 Å². The van der Waals surface area contributed by atoms with Gasteiger partial charge in [-0.2, -0.15) is 0 Å². The molecular formula is C10H18O2Si2. The minimum atomic E-state index is -2.31. The Bertz CT molecular complexity index is 291. The van der Waals surface area contributed by atoms with Crippen LogP contribution in [-0.2, 0) is 0 Å². The highest BCUT2D eigenvalue weighted by atomic mass is 28.4. The number of benzene rings is 1. The van der Waals surface area contributed by atoms with E-state index in [0.717, 1.165) is 10.4 Å². The van der Waals surface area contributed by atoms with Gasteiger partial charge < -0.3 is 9.59 Å². The minimum Gasteiger partial charge on any atom is -0.428 e. The number of hydrogen-bond donors (Lipinski definition) is 2. The first-order valence-corrected chi connectivity index (χ1v) is 10.7. The third-order valence-electron chi connectivity index (χ3n) is 2.25. The Balaban J connectivity index is 3.31. The van der Waals surface area contributed by atoms with Crippen LogP contribution in [0.5, 0.6) is 0 Å². The lowest BCUT2D eigenvalue weighted by atomic mass is 10.4. The molecule has 0 radical (unpaired) electrons. The highest BCUT2D eigenvalue weighted by molar-refractivity contribution is 6.93. The molecule has 0 heterocycles. The predicted octanol–water partition coefficient (Wildman–Crippen LogP) is 0.495. The number of hydrogen-bond acceptors (Lipinski definition) is 2. The molecule has 0 saturated carbocycles. The van der Waals surface area contributed by atoms with Gasteiger partial charge in [-0.25, -0.2) is 0 Å². The molecule has 0 saturated heterocycles. The fourth-order valence-electron chi connectivity index (χ4n) is 1.55. The van der Waals surface area contributed by atoms with E-state index in [1.807, 2.05) is 50.5 Å². The molecule has 0 unspecified atom stereocenters. The largest absolute Gasteiger partial charge is 0.428 e. The van der Waals surface area contributed by atoms with Crippen molar-refractivity contribution in [1.82, 2.24) is 0 Å². The zero-order valence-corrected chi connectivity index (χ0v) is 11.2. The van der Waals surface area contributed by atoms with Crippen LogP contribution >= 0.6 is 0 Å². The lowest BCUT2D eigenvalue weighted by Gasteiger charge is -2.24. The smallest absolute Gasteiger partial charge is 0.213 e. The molecule has 78 valence electrons. The van der Waals surface area contributed by atoms with Crippen molar-refractivity contribution < 1.29 is 9.59 Å². The molecule has 4 heteroatoms. The molecule has 1 aromatic rings. The van der Waals surface area contributed by atoms with Crippen molar-refractivity contribution in [2.75, 3.05) is 0 Å². The Hall–Kier alpha value is -0.426. The van der Waals surface area contributed by atoms with Gasteiger partial charge in [-0.15, -0.1) is 0 Å². The monoisotopic (exact) mass is 226 g/mol. The standard InChI is InChI=1S/C10H18O2Si2/c1-13(2,11)9-7-5-6-8-10(9)14(3,4)12/h5-8,11-12H,1-4H3. The predicted molar refractivity (Wildman–Crippen MR) is 65.1 cm³/mol. The van der Waals surface area contributed by atoms with E-state index >= 15 is 0 Å². The molecule has 0 aliphatic rings. The van der Waals surface area contributed by atoms with Gasteiger partial charge in [-0.3, -0.25) is 0 Å². The summed E-state index contributed by atoms with van der Waals surface area (Å²) < 4.78 is 0. The van der Waals surface area contributed by atoms with E-state index in [1.165, 1.54) is 0 Å². The summed E-state index contributed by atoms with van der Waals surface area (Å²) in [7, 11) is -4.63. The van der Waals surface area contributed by atoms with Gasteiger partial charge in [-0.05, 0) is 36.6 Å². The van der Waals surface area contributed by atoms with Crippen molar-refractivity contribution >= 4 is 27.0 Å². The van der Waals surface area contributed by atoms with E-state index in [2.05, 4.69) is 0 Å². The van der Waals surface area contributed by atoms with E-state index in [-0.39, 0.29) is 0 Å². The first-order valence-electron chi connectivity index (χ1n) is 4.77. The van der Waals surface area contributed by atoms with Crippen LogP contribution in [0.2, 0.25) is 26.2 Å². The first-order chi connectivity index (χ1) is 6.23. The van der Waals surface area contributed by atoms with Crippen LogP contribution in [0.1, 0.15) is 0 Å². The van der Waals surface area contributed by atoms with Crippen LogP contribution < -0.4 is 10.4 Å². The van der Waals surface area contributed by atoms with Crippen LogP contribution in [0, 0.1) is 0 Å². The zero-order valence-electron chi connectivity index (χ0n) is 9.20. The summed E-state index contributed by atoms with van der Waals surface area (Å²) in [6.45, 7) is 7.52. The summed E-state index contributed by atoms with van der Waals surface area (Å²) in [5.74, 6) is 0. The van der Waals surface area contributed by atoms with Crippen LogP contribution in [0.3, 0.4) is 0 Å². The molecule has 0 atom stereocenters. The van der Waals surface area contributed by atoms with Crippen molar-refractivity contribution in [3.05, 3.63) is 24.3 Å². The minimum absolute atomic E-state index is 0.971. The van der Waals surface area contributed by atoms with Gasteiger partial charge in [-0.1, -0.05) is 24.3 Å². The molecule has 1 rings (SSSR count). The molecule has 0 amide bonds. The average Bonchev–Trinajstić information content (AvgIpc) is 2.01. The van der Waals surface area contributed by atoms with E-state index in [1.54, 1.807) is 0 Å². The van der Waals surface area contributed by atoms with Crippen molar-refractivity contribution in [2.24, 2.45) is 0 Å². The fourth-order valence-corrected chi connectivity index (χ4v) is 5.88. The van der Waals surface area contributed by atoms with Gasteiger partial charge in [0.1, 0.15) is 0 Å². The summed E-state index contributed by atoms with van der Waals surface area (Å²) in [5, 5.41) is 1.94. The molecular weight excluding hydrogens is 208 g/mol. The maximum atomic E-state index is 10.1. The fraction of sp³-hybridized carbons (Fsp3) is 0.400. The number of rotatable bonds is 2. The Labute approximate surface area is 87.5 Å². The molecule has 0 aliphatic heterocycles. The van der Waals surface area contributed by atoms with E-state index < -0.39 is 16.6 Å². The summed E-state index contributed by atoms with van der Waals surface area (Å²) in [5.41, 5.74) is 0. The Morgan fingerprint density at radius 1 is 0.786 bits per heavy atom. The van der Waals surface area contributed by atoms with Crippen LogP contribution in [0.15, 0.2) is 24.3 Å². The average molecular weight is 226 g/mol. The molecule has 0 fully saturated rings. The molecule has 0 aliphatic carbocycles. The quantitative estimate of drug-likeness (QED) is 0.721. The third kappa shape index (κ3) is 2.54. The van der Waals surface area contributed by atoms with Gasteiger partial charge >= 0.3 is 0 Å². The van der Waals surface area contributed by atoms with E-state index in [9.17, 15) is 9.59 Å². The zero-order chi connectivity index (χ0) is 11.0. The van der Waals surface area contributed by atoms with Crippen molar-refractivity contribution in [3.8, 4) is 0 Å². The molecule has 14 heavy (non-hydrogen) atoms. The van der Waals surface area contributed by atoms with Crippen molar-refractivity contribution in [2.45, 2.75) is 26.2 Å². The van der Waals surface area contributed by atoms with E-state index in [0.29, 0.717) is 0 Å². The Morgan fingerprint density at radius 3 is 1.29 bits per heavy atom. The van der Waals surface area contributed by atoms with Crippen molar-refractivity contribution in [1.29, 1.82) is 0 Å². The van der Waals surface area contributed by atoms with Gasteiger partial charge in [0, 0.05) is 0 Å². The maximum absolute atomic E-state index is 10.1. The second-order valence-corrected chi connectivity index (χ2v) is 12.0. The Kier molecular flexibility index (Phi) is 3.01. The summed E-state index contributed by atoms with van der Waals surface area (Å²) in [6, 6.07) is 7.72.